The van der Waals surface area contributed by atoms with E-state index < -0.39 is 0 Å². The quantitative estimate of drug-likeness (QED) is 0.391. The van der Waals surface area contributed by atoms with Crippen molar-refractivity contribution in [1.82, 2.24) is 4.98 Å². The monoisotopic (exact) mass is 496 g/mol. The largest absolute Gasteiger partial charge is 0.376 e. The van der Waals surface area contributed by atoms with Gasteiger partial charge in [-0.3, -0.25) is 9.69 Å². The van der Waals surface area contributed by atoms with Gasteiger partial charge in [0.2, 0.25) is 5.91 Å². The van der Waals surface area contributed by atoms with Crippen LogP contribution < -0.4 is 4.90 Å². The smallest absolute Gasteiger partial charge is 0.239 e. The van der Waals surface area contributed by atoms with Crippen molar-refractivity contribution < 1.29 is 9.53 Å². The number of hydrogen-bond acceptors (Lipinski definition) is 5. The molecule has 8 heteroatoms. The molecule has 2 heterocycles. The standard InChI is InChI=1S/C20H18BrClN2O2S2/c21-13-3-8-17-18(10-13)28-20(23-17)24(11-15-2-1-9-26-15)19(25)12-27-16-6-4-14(22)5-7-16/h3-8,10,15H,1-2,9,11-12H2. The molecule has 0 aliphatic carbocycles. The van der Waals surface area contributed by atoms with E-state index in [-0.39, 0.29) is 12.0 Å². The number of rotatable bonds is 6. The molecule has 1 unspecified atom stereocenters. The van der Waals surface area contributed by atoms with Crippen LogP contribution in [0.15, 0.2) is 51.8 Å². The summed E-state index contributed by atoms with van der Waals surface area (Å²) in [5.41, 5.74) is 0.902. The molecule has 0 saturated carbocycles. The molecule has 1 aliphatic heterocycles. The summed E-state index contributed by atoms with van der Waals surface area (Å²) < 4.78 is 7.84. The number of carbonyl (C=O) groups excluding carboxylic acids is 1. The first-order valence-electron chi connectivity index (χ1n) is 8.95. The number of thiazole rings is 1. The number of halogens is 2. The molecule has 1 fully saturated rings. The van der Waals surface area contributed by atoms with Gasteiger partial charge in [-0.15, -0.1) is 11.8 Å². The Bertz CT molecular complexity index is 974. The number of carbonyl (C=O) groups is 1. The van der Waals surface area contributed by atoms with Crippen LogP contribution in [0, 0.1) is 0 Å². The van der Waals surface area contributed by atoms with Crippen molar-refractivity contribution in [2.75, 3.05) is 23.8 Å². The van der Waals surface area contributed by atoms with Gasteiger partial charge in [0.05, 0.1) is 28.6 Å². The summed E-state index contributed by atoms with van der Waals surface area (Å²) in [6.45, 7) is 1.31. The van der Waals surface area contributed by atoms with E-state index in [1.54, 1.807) is 4.90 Å². The predicted molar refractivity (Wildman–Crippen MR) is 121 cm³/mol. The molecule has 3 aromatic rings. The topological polar surface area (TPSA) is 42.4 Å². The molecule has 1 atom stereocenters. The van der Waals surface area contributed by atoms with Crippen LogP contribution in [0.3, 0.4) is 0 Å². The van der Waals surface area contributed by atoms with E-state index in [1.165, 1.54) is 23.1 Å². The molecule has 4 rings (SSSR count). The first-order chi connectivity index (χ1) is 13.6. The second-order valence-corrected chi connectivity index (χ2v) is 9.90. The number of benzene rings is 2. The van der Waals surface area contributed by atoms with Gasteiger partial charge in [0.15, 0.2) is 5.13 Å². The zero-order valence-electron chi connectivity index (χ0n) is 14.9. The minimum Gasteiger partial charge on any atom is -0.376 e. The minimum atomic E-state index is 0.0357. The lowest BCUT2D eigenvalue weighted by Gasteiger charge is -2.23. The fourth-order valence-electron chi connectivity index (χ4n) is 3.03. The van der Waals surface area contributed by atoms with Gasteiger partial charge in [0.1, 0.15) is 0 Å². The van der Waals surface area contributed by atoms with E-state index in [4.69, 9.17) is 21.3 Å². The number of nitrogens with zero attached hydrogens (tertiary/aromatic N) is 2. The van der Waals surface area contributed by atoms with Crippen LogP contribution in [0.5, 0.6) is 0 Å². The molecular weight excluding hydrogens is 480 g/mol. The van der Waals surface area contributed by atoms with Crippen molar-refractivity contribution >= 4 is 71.9 Å². The maximum absolute atomic E-state index is 13.1. The molecule has 4 nitrogen and oxygen atoms in total. The highest BCUT2D eigenvalue weighted by atomic mass is 79.9. The highest BCUT2D eigenvalue weighted by Gasteiger charge is 2.26. The van der Waals surface area contributed by atoms with Crippen molar-refractivity contribution in [3.63, 3.8) is 0 Å². The van der Waals surface area contributed by atoms with Gasteiger partial charge in [-0.05, 0) is 55.3 Å². The van der Waals surface area contributed by atoms with E-state index >= 15 is 0 Å². The van der Waals surface area contributed by atoms with E-state index in [2.05, 4.69) is 15.9 Å². The molecule has 1 amide bonds. The van der Waals surface area contributed by atoms with Gasteiger partial charge in [-0.1, -0.05) is 38.9 Å². The van der Waals surface area contributed by atoms with Crippen LogP contribution in [-0.2, 0) is 9.53 Å². The van der Waals surface area contributed by atoms with Crippen molar-refractivity contribution in [1.29, 1.82) is 0 Å². The number of thioether (sulfide) groups is 1. The van der Waals surface area contributed by atoms with Crippen LogP contribution in [0.4, 0.5) is 5.13 Å². The highest BCUT2D eigenvalue weighted by Crippen LogP contribution is 2.32. The molecular formula is C20H18BrClN2O2S2. The van der Waals surface area contributed by atoms with Crippen LogP contribution in [0.2, 0.25) is 5.02 Å². The summed E-state index contributed by atoms with van der Waals surface area (Å²) in [5, 5.41) is 1.42. The lowest BCUT2D eigenvalue weighted by Crippen LogP contribution is -2.38. The molecule has 0 spiro atoms. The normalized spacial score (nSPS) is 16.6. The van der Waals surface area contributed by atoms with Gasteiger partial charge in [0.25, 0.3) is 0 Å². The Hall–Kier alpha value is -1.12. The fourth-order valence-corrected chi connectivity index (χ4v) is 5.48. The maximum atomic E-state index is 13.1. The molecule has 0 bridgehead atoms. The second-order valence-electron chi connectivity index (χ2n) is 6.49. The number of fused-ring (bicyclic) bond motifs is 1. The van der Waals surface area contributed by atoms with Crippen LogP contribution in [0.25, 0.3) is 10.2 Å². The Kier molecular flexibility index (Phi) is 6.58. The van der Waals surface area contributed by atoms with Crippen molar-refractivity contribution in [2.24, 2.45) is 0 Å². The van der Waals surface area contributed by atoms with E-state index in [1.807, 2.05) is 42.5 Å². The van der Waals surface area contributed by atoms with Crippen molar-refractivity contribution in [3.05, 3.63) is 52.0 Å². The SMILES string of the molecule is O=C(CSc1ccc(Cl)cc1)N(CC1CCCO1)c1nc2ccc(Br)cc2s1. The van der Waals surface area contributed by atoms with Gasteiger partial charge in [-0.2, -0.15) is 0 Å². The number of anilines is 1. The lowest BCUT2D eigenvalue weighted by atomic mass is 10.2. The number of hydrogen-bond donors (Lipinski definition) is 0. The Balaban J connectivity index is 1.54. The Labute approximate surface area is 185 Å². The van der Waals surface area contributed by atoms with E-state index in [0.29, 0.717) is 17.3 Å². The van der Waals surface area contributed by atoms with Crippen LogP contribution in [-0.4, -0.2) is 35.9 Å². The van der Waals surface area contributed by atoms with Crippen LogP contribution in [0.1, 0.15) is 12.8 Å². The van der Waals surface area contributed by atoms with Crippen LogP contribution >= 0.6 is 50.6 Å². The summed E-state index contributed by atoms with van der Waals surface area (Å²) in [5.74, 6) is 0.377. The van der Waals surface area contributed by atoms with Gasteiger partial charge in [-0.25, -0.2) is 4.98 Å². The first-order valence-corrected chi connectivity index (χ1v) is 11.9. The van der Waals surface area contributed by atoms with Crippen molar-refractivity contribution in [2.45, 2.75) is 23.8 Å². The summed E-state index contributed by atoms with van der Waals surface area (Å²) in [4.78, 5) is 20.6. The first kappa shape index (κ1) is 20.2. The third kappa shape index (κ3) is 4.89. The van der Waals surface area contributed by atoms with Gasteiger partial charge in [0, 0.05) is 21.0 Å². The summed E-state index contributed by atoms with van der Waals surface area (Å²) in [6.07, 6.45) is 2.09. The van der Waals surface area contributed by atoms with Crippen molar-refractivity contribution in [3.8, 4) is 0 Å². The molecule has 2 aromatic carbocycles. The lowest BCUT2D eigenvalue weighted by molar-refractivity contribution is -0.116. The maximum Gasteiger partial charge on any atom is 0.239 e. The van der Waals surface area contributed by atoms with E-state index in [9.17, 15) is 4.79 Å². The molecule has 1 aliphatic rings. The second kappa shape index (κ2) is 9.13. The summed E-state index contributed by atoms with van der Waals surface area (Å²) >= 11 is 12.5. The molecule has 146 valence electrons. The summed E-state index contributed by atoms with van der Waals surface area (Å²) in [6, 6.07) is 13.5. The van der Waals surface area contributed by atoms with Gasteiger partial charge >= 0.3 is 0 Å². The number of ether oxygens (including phenoxy) is 1. The Morgan fingerprint density at radius 2 is 2.14 bits per heavy atom. The zero-order chi connectivity index (χ0) is 19.5. The third-order valence-electron chi connectivity index (χ3n) is 4.46. The van der Waals surface area contributed by atoms with E-state index in [0.717, 1.165) is 44.2 Å². The number of amides is 1. The molecule has 28 heavy (non-hydrogen) atoms. The third-order valence-corrected chi connectivity index (χ3v) is 7.24. The highest BCUT2D eigenvalue weighted by molar-refractivity contribution is 9.10. The Morgan fingerprint density at radius 1 is 1.32 bits per heavy atom. The zero-order valence-corrected chi connectivity index (χ0v) is 18.9. The predicted octanol–water partition coefficient (Wildman–Crippen LogP) is 6.02. The Morgan fingerprint density at radius 3 is 2.89 bits per heavy atom. The minimum absolute atomic E-state index is 0.0357. The summed E-state index contributed by atoms with van der Waals surface area (Å²) in [7, 11) is 0. The average Bonchev–Trinajstić information content (AvgIpc) is 3.34. The fraction of sp³-hybridized carbons (Fsp3) is 0.300. The number of aromatic nitrogens is 1. The molecule has 0 radical (unpaired) electrons. The average molecular weight is 498 g/mol. The molecule has 1 aromatic heterocycles. The van der Waals surface area contributed by atoms with Gasteiger partial charge < -0.3 is 4.74 Å². The molecule has 0 N–H and O–H groups in total. The molecule has 1 saturated heterocycles.